The van der Waals surface area contributed by atoms with Crippen LogP contribution >= 0.6 is 23.2 Å². The molecule has 0 aliphatic carbocycles. The number of hydrogen-bond acceptors (Lipinski definition) is 9. The highest BCUT2D eigenvalue weighted by atomic mass is 35.5. The molecule has 2 fully saturated rings. The van der Waals surface area contributed by atoms with Gasteiger partial charge in [-0.15, -0.1) is 10.2 Å². The third-order valence-electron chi connectivity index (χ3n) is 9.79. The van der Waals surface area contributed by atoms with E-state index in [1.165, 1.54) is 47.5 Å². The van der Waals surface area contributed by atoms with E-state index in [1.807, 2.05) is 0 Å². The fraction of sp³-hybridized carbons (Fsp3) is 0.341. The summed E-state index contributed by atoms with van der Waals surface area (Å²) in [6, 6.07) is 14.5. The van der Waals surface area contributed by atoms with Crippen LogP contribution in [0.25, 0.3) is 11.6 Å². The molecule has 2 saturated heterocycles. The van der Waals surface area contributed by atoms with Gasteiger partial charge in [-0.05, 0) is 98.2 Å². The second kappa shape index (κ2) is 20.5. The van der Waals surface area contributed by atoms with E-state index in [0.717, 1.165) is 44.1 Å². The number of carbonyl (C=O) groups excluding carboxylic acids is 3. The predicted molar refractivity (Wildman–Crippen MR) is 217 cm³/mol. The summed E-state index contributed by atoms with van der Waals surface area (Å²) in [5, 5.41) is 6.73. The van der Waals surface area contributed by atoms with E-state index in [2.05, 4.69) is 20.2 Å². The van der Waals surface area contributed by atoms with Crippen LogP contribution in [0.5, 0.6) is 0 Å². The van der Waals surface area contributed by atoms with Gasteiger partial charge in [-0.3, -0.25) is 24.6 Å². The molecule has 0 radical (unpaired) electrons. The zero-order valence-electron chi connectivity index (χ0n) is 32.3. The minimum absolute atomic E-state index is 0.0454. The van der Waals surface area contributed by atoms with Crippen molar-refractivity contribution in [2.45, 2.75) is 58.0 Å². The van der Waals surface area contributed by atoms with Crippen molar-refractivity contribution >= 4 is 52.4 Å². The maximum absolute atomic E-state index is 13.7. The molecule has 3 aromatic heterocycles. The number of carbonyl (C=O) groups is 3. The first-order valence-electron chi connectivity index (χ1n) is 19.2. The van der Waals surface area contributed by atoms with Gasteiger partial charge in [-0.25, -0.2) is 18.4 Å². The normalized spacial score (nSPS) is 14.1. The average molecular weight is 871 g/mol. The zero-order valence-corrected chi connectivity index (χ0v) is 33.8. The van der Waals surface area contributed by atoms with Crippen LogP contribution in [0.15, 0.2) is 77.5 Å². The molecule has 0 atom stereocenters. The number of amides is 4. The van der Waals surface area contributed by atoms with Crippen LogP contribution in [0.4, 0.5) is 38.5 Å². The molecule has 19 heteroatoms. The van der Waals surface area contributed by atoms with Crippen molar-refractivity contribution in [2.24, 2.45) is 5.73 Å². The van der Waals surface area contributed by atoms with Crippen LogP contribution in [0.2, 0.25) is 10.0 Å². The van der Waals surface area contributed by atoms with E-state index >= 15 is 0 Å². The van der Waals surface area contributed by atoms with Gasteiger partial charge in [0.2, 0.25) is 0 Å². The number of benzene rings is 2. The average Bonchev–Trinajstić information content (AvgIpc) is 3.78. The van der Waals surface area contributed by atoms with Crippen molar-refractivity contribution in [1.82, 2.24) is 30.0 Å². The topological polar surface area (TPSA) is 155 Å². The summed E-state index contributed by atoms with van der Waals surface area (Å²) in [4.78, 5) is 53.0. The molecular weight excluding hydrogens is 829 g/mol. The van der Waals surface area contributed by atoms with E-state index in [1.54, 1.807) is 45.2 Å². The summed E-state index contributed by atoms with van der Waals surface area (Å²) in [6.45, 7) is 2.92. The predicted octanol–water partition coefficient (Wildman–Crippen LogP) is 9.10. The molecule has 7 rings (SSSR count). The minimum atomic E-state index is -2.87. The molecular formula is C41H41Cl2F4N9O4. The highest BCUT2D eigenvalue weighted by Crippen LogP contribution is 2.29. The zero-order chi connectivity index (χ0) is 42.8. The van der Waals surface area contributed by atoms with Gasteiger partial charge in [0.15, 0.2) is 5.78 Å². The Labute approximate surface area is 353 Å². The number of alkyl halides is 2. The molecule has 0 spiro atoms. The van der Waals surface area contributed by atoms with Crippen LogP contribution in [0, 0.1) is 11.6 Å². The number of rotatable bonds is 10. The molecule has 2 aliphatic rings. The lowest BCUT2D eigenvalue weighted by atomic mass is 10.1. The second-order valence-electron chi connectivity index (χ2n) is 14.0. The first-order valence-corrected chi connectivity index (χ1v) is 20.0. The maximum Gasteiger partial charge on any atom is 0.324 e. The third-order valence-corrected chi connectivity index (χ3v) is 10.4. The standard InChI is InChI=1S/C21H19ClF3N5O2.C20H22ClFN4O2/c22-15-10-14(5-6-16(15)23)30(21(31)29-8-2-1-3-9-29)12-13-4-7-17(26-11-13)19-27-28-20(32-19)18(24)25;21-16-10-15(5-6-17(16)22)26(20(28)25-8-2-1-3-9-25)13-14-4-7-18(24-12-14)19(27)11-23/h4-7,10-11,18H,1-3,8-9,12H2;4-7,10,12H,1-3,8-9,11,13,23H2. The Balaban J connectivity index is 0.000000203. The van der Waals surface area contributed by atoms with Crippen molar-refractivity contribution < 1.29 is 36.4 Å². The quantitative estimate of drug-likeness (QED) is 0.107. The molecule has 5 heterocycles. The highest BCUT2D eigenvalue weighted by molar-refractivity contribution is 6.31. The summed E-state index contributed by atoms with van der Waals surface area (Å²) in [5.41, 5.74) is 8.22. The van der Waals surface area contributed by atoms with E-state index in [0.29, 0.717) is 43.1 Å². The number of aromatic nitrogens is 4. The number of nitrogens with two attached hydrogens (primary N) is 1. The lowest BCUT2D eigenvalue weighted by Crippen LogP contribution is -2.45. The van der Waals surface area contributed by atoms with E-state index < -0.39 is 24.0 Å². The molecule has 13 nitrogen and oxygen atoms in total. The number of pyridine rings is 2. The summed E-state index contributed by atoms with van der Waals surface area (Å²) in [5.74, 6) is -2.27. The van der Waals surface area contributed by atoms with Crippen molar-refractivity contribution in [3.8, 4) is 11.6 Å². The lowest BCUT2D eigenvalue weighted by molar-refractivity contribution is 0.0996. The Morgan fingerprint density at radius 3 is 1.60 bits per heavy atom. The fourth-order valence-electron chi connectivity index (χ4n) is 6.58. The number of hydrogen-bond donors (Lipinski definition) is 1. The minimum Gasteiger partial charge on any atom is -0.414 e. The number of anilines is 2. The molecule has 0 unspecified atom stereocenters. The summed E-state index contributed by atoms with van der Waals surface area (Å²) in [6.07, 6.45) is 6.10. The molecule has 0 bridgehead atoms. The molecule has 2 aliphatic heterocycles. The Morgan fingerprint density at radius 1 is 0.700 bits per heavy atom. The summed E-state index contributed by atoms with van der Waals surface area (Å²) in [7, 11) is 0. The van der Waals surface area contributed by atoms with E-state index in [4.69, 9.17) is 33.4 Å². The molecule has 316 valence electrons. The van der Waals surface area contributed by atoms with Gasteiger partial charge in [-0.2, -0.15) is 8.78 Å². The van der Waals surface area contributed by atoms with E-state index in [9.17, 15) is 31.9 Å². The lowest BCUT2D eigenvalue weighted by Gasteiger charge is -2.33. The number of halogens is 6. The van der Waals surface area contributed by atoms with Gasteiger partial charge in [0.25, 0.3) is 11.8 Å². The van der Waals surface area contributed by atoms with Crippen molar-refractivity contribution in [1.29, 1.82) is 0 Å². The van der Waals surface area contributed by atoms with Gasteiger partial charge in [0.1, 0.15) is 23.0 Å². The first-order chi connectivity index (χ1) is 28.9. The summed E-state index contributed by atoms with van der Waals surface area (Å²) >= 11 is 11.9. The van der Waals surface area contributed by atoms with Gasteiger partial charge in [0, 0.05) is 49.9 Å². The smallest absolute Gasteiger partial charge is 0.324 e. The Kier molecular flexibility index (Phi) is 15.0. The van der Waals surface area contributed by atoms with Crippen LogP contribution in [-0.4, -0.2) is 80.5 Å². The monoisotopic (exact) mass is 869 g/mol. The summed E-state index contributed by atoms with van der Waals surface area (Å²) < 4.78 is 57.5. The number of ketones is 1. The Morgan fingerprint density at radius 2 is 1.20 bits per heavy atom. The molecule has 2 aromatic carbocycles. The van der Waals surface area contributed by atoms with Crippen molar-refractivity contribution in [2.75, 3.05) is 42.5 Å². The number of likely N-dealkylation sites (tertiary alicyclic amines) is 2. The van der Waals surface area contributed by atoms with Gasteiger partial charge >= 0.3 is 18.5 Å². The highest BCUT2D eigenvalue weighted by Gasteiger charge is 2.27. The van der Waals surface area contributed by atoms with Crippen LogP contribution < -0.4 is 15.5 Å². The molecule has 2 N–H and O–H groups in total. The van der Waals surface area contributed by atoms with Gasteiger partial charge in [0.05, 0.1) is 29.7 Å². The largest absolute Gasteiger partial charge is 0.414 e. The SMILES string of the molecule is NCC(=O)c1ccc(CN(C(=O)N2CCCCC2)c2ccc(F)c(Cl)c2)cn1.O=C(N1CCCCC1)N(Cc1ccc(-c2nnc(C(F)F)o2)nc1)c1ccc(F)c(Cl)c1. The number of Topliss-reactive ketones (excluding diaryl/α,β-unsaturated/α-hetero) is 1. The number of nitrogens with zero attached hydrogens (tertiary/aromatic N) is 8. The van der Waals surface area contributed by atoms with E-state index in [-0.39, 0.29) is 64.8 Å². The van der Waals surface area contributed by atoms with Crippen LogP contribution in [0.3, 0.4) is 0 Å². The first kappa shape index (κ1) is 43.9. The maximum atomic E-state index is 13.7. The molecule has 60 heavy (non-hydrogen) atoms. The van der Waals surface area contributed by atoms with Gasteiger partial charge < -0.3 is 20.0 Å². The van der Waals surface area contributed by atoms with Crippen LogP contribution in [-0.2, 0) is 13.1 Å². The second-order valence-corrected chi connectivity index (χ2v) is 14.8. The third kappa shape index (κ3) is 11.1. The van der Waals surface area contributed by atoms with Crippen molar-refractivity contribution in [3.05, 3.63) is 117 Å². The molecule has 5 aromatic rings. The molecule has 4 amide bonds. The van der Waals surface area contributed by atoms with Gasteiger partial charge in [-0.1, -0.05) is 35.3 Å². The number of piperidine rings is 2. The Hall–Kier alpha value is -5.65. The Bertz CT molecular complexity index is 2260. The number of urea groups is 2. The molecule has 0 saturated carbocycles. The van der Waals surface area contributed by atoms with Crippen LogP contribution in [0.1, 0.15) is 72.5 Å². The van der Waals surface area contributed by atoms with Crippen molar-refractivity contribution in [3.63, 3.8) is 0 Å². The fourth-order valence-corrected chi connectivity index (χ4v) is 6.93.